The number of alkyl halides is 3. The molecular weight excluding hydrogens is 443 g/mol. The molecule has 0 spiro atoms. The number of benzene rings is 1. The number of nitrogens with zero attached hydrogens (tertiary/aromatic N) is 6. The Morgan fingerprint density at radius 3 is 2.47 bits per heavy atom. The molecule has 7 nitrogen and oxygen atoms in total. The minimum atomic E-state index is -4.38. The van der Waals surface area contributed by atoms with Crippen molar-refractivity contribution in [3.8, 4) is 11.4 Å². The van der Waals surface area contributed by atoms with Gasteiger partial charge in [-0.3, -0.25) is 9.67 Å². The Kier molecular flexibility index (Phi) is 5.91. The van der Waals surface area contributed by atoms with Crippen molar-refractivity contribution in [1.29, 1.82) is 0 Å². The zero-order valence-corrected chi connectivity index (χ0v) is 18.6. The van der Waals surface area contributed by atoms with Crippen molar-refractivity contribution in [2.75, 3.05) is 18.0 Å². The van der Waals surface area contributed by atoms with Gasteiger partial charge < -0.3 is 10.2 Å². The molecule has 0 amide bonds. The van der Waals surface area contributed by atoms with Crippen LogP contribution in [0, 0.1) is 0 Å². The predicted octanol–water partition coefficient (Wildman–Crippen LogP) is 4.20. The maximum Gasteiger partial charge on any atom is 0.416 e. The second kappa shape index (κ2) is 9.02. The van der Waals surface area contributed by atoms with E-state index >= 15 is 0 Å². The molecule has 1 N–H and O–H groups in total. The SMILES string of the molecule is Cn1nccc1-c1nnc(N2CCC(NCc3cnccc3C(F)(F)F)CC2)c2ccccc12. The van der Waals surface area contributed by atoms with Crippen molar-refractivity contribution < 1.29 is 13.2 Å². The smallest absolute Gasteiger partial charge is 0.354 e. The predicted molar refractivity (Wildman–Crippen MR) is 123 cm³/mol. The van der Waals surface area contributed by atoms with E-state index in [0.717, 1.165) is 60.0 Å². The second-order valence-corrected chi connectivity index (χ2v) is 8.43. The van der Waals surface area contributed by atoms with Crippen LogP contribution in [-0.2, 0) is 19.8 Å². The summed E-state index contributed by atoms with van der Waals surface area (Å²) in [6.45, 7) is 1.61. The molecule has 0 unspecified atom stereocenters. The van der Waals surface area contributed by atoms with Gasteiger partial charge in [-0.25, -0.2) is 0 Å². The van der Waals surface area contributed by atoms with Gasteiger partial charge in [0.1, 0.15) is 5.69 Å². The maximum atomic E-state index is 13.2. The lowest BCUT2D eigenvalue weighted by Crippen LogP contribution is -2.43. The molecule has 0 bridgehead atoms. The maximum absolute atomic E-state index is 13.2. The summed E-state index contributed by atoms with van der Waals surface area (Å²) in [5, 5.41) is 18.6. The first kappa shape index (κ1) is 22.3. The highest BCUT2D eigenvalue weighted by atomic mass is 19.4. The number of halogens is 3. The van der Waals surface area contributed by atoms with Crippen molar-refractivity contribution in [3.05, 3.63) is 66.1 Å². The van der Waals surface area contributed by atoms with Gasteiger partial charge in [0.05, 0.1) is 11.3 Å². The van der Waals surface area contributed by atoms with E-state index in [4.69, 9.17) is 0 Å². The summed E-state index contributed by atoms with van der Waals surface area (Å²) in [5.41, 5.74) is 1.21. The first-order valence-electron chi connectivity index (χ1n) is 11.1. The molecule has 1 aliphatic rings. The minimum Gasteiger partial charge on any atom is -0.354 e. The van der Waals surface area contributed by atoms with E-state index in [1.54, 1.807) is 10.9 Å². The van der Waals surface area contributed by atoms with E-state index in [2.05, 4.69) is 30.5 Å². The second-order valence-electron chi connectivity index (χ2n) is 8.43. The Hall–Kier alpha value is -3.53. The molecule has 0 saturated carbocycles. The van der Waals surface area contributed by atoms with E-state index in [9.17, 15) is 13.2 Å². The average Bonchev–Trinajstić information content (AvgIpc) is 3.27. The lowest BCUT2D eigenvalue weighted by Gasteiger charge is -2.33. The molecule has 10 heteroatoms. The van der Waals surface area contributed by atoms with Crippen LogP contribution in [-0.4, -0.2) is 44.1 Å². The standard InChI is InChI=1S/C24H24F3N7/c1-33-21(7-11-30-33)22-18-4-2-3-5-19(18)23(32-31-22)34-12-8-17(9-13-34)29-15-16-14-28-10-6-20(16)24(25,26)27/h2-7,10-11,14,17,29H,8-9,12-13,15H2,1H3. The van der Waals surface area contributed by atoms with Gasteiger partial charge in [0.15, 0.2) is 5.82 Å². The van der Waals surface area contributed by atoms with Crippen LogP contribution < -0.4 is 10.2 Å². The number of fused-ring (bicyclic) bond motifs is 1. The molecule has 0 atom stereocenters. The lowest BCUT2D eigenvalue weighted by atomic mass is 10.0. The van der Waals surface area contributed by atoms with Crippen LogP contribution in [0.15, 0.2) is 55.0 Å². The number of hydrogen-bond acceptors (Lipinski definition) is 6. The highest BCUT2D eigenvalue weighted by molar-refractivity contribution is 5.99. The minimum absolute atomic E-state index is 0.116. The van der Waals surface area contributed by atoms with Crippen LogP contribution in [0.3, 0.4) is 0 Å². The number of anilines is 1. The number of rotatable bonds is 5. The quantitative estimate of drug-likeness (QED) is 0.474. The lowest BCUT2D eigenvalue weighted by molar-refractivity contribution is -0.138. The summed E-state index contributed by atoms with van der Waals surface area (Å²) in [7, 11) is 1.88. The molecule has 4 aromatic rings. The molecule has 3 aromatic heterocycles. The number of pyridine rings is 1. The molecule has 0 radical (unpaired) electrons. The van der Waals surface area contributed by atoms with Gasteiger partial charge >= 0.3 is 6.18 Å². The number of piperidine rings is 1. The topological polar surface area (TPSA) is 71.8 Å². The Morgan fingerprint density at radius 2 is 1.76 bits per heavy atom. The first-order valence-corrected chi connectivity index (χ1v) is 11.1. The Balaban J connectivity index is 1.30. The van der Waals surface area contributed by atoms with Gasteiger partial charge in [-0.1, -0.05) is 24.3 Å². The van der Waals surface area contributed by atoms with E-state index in [1.165, 1.54) is 12.4 Å². The molecule has 176 valence electrons. The third-order valence-corrected chi connectivity index (χ3v) is 6.32. The van der Waals surface area contributed by atoms with E-state index < -0.39 is 11.7 Å². The fourth-order valence-corrected chi connectivity index (χ4v) is 4.51. The van der Waals surface area contributed by atoms with Crippen molar-refractivity contribution in [2.24, 2.45) is 7.05 Å². The zero-order chi connectivity index (χ0) is 23.7. The van der Waals surface area contributed by atoms with E-state index in [0.29, 0.717) is 0 Å². The highest BCUT2D eigenvalue weighted by Gasteiger charge is 2.33. The summed E-state index contributed by atoms with van der Waals surface area (Å²) in [6.07, 6.45) is 1.40. The fourth-order valence-electron chi connectivity index (χ4n) is 4.51. The van der Waals surface area contributed by atoms with Crippen molar-refractivity contribution in [1.82, 2.24) is 30.3 Å². The monoisotopic (exact) mass is 467 g/mol. The third-order valence-electron chi connectivity index (χ3n) is 6.32. The van der Waals surface area contributed by atoms with E-state index in [1.807, 2.05) is 37.4 Å². The van der Waals surface area contributed by atoms with Gasteiger partial charge in [0.25, 0.3) is 0 Å². The normalized spacial score (nSPS) is 15.2. The summed E-state index contributed by atoms with van der Waals surface area (Å²) in [5.74, 6) is 0.826. The molecule has 34 heavy (non-hydrogen) atoms. The van der Waals surface area contributed by atoms with Crippen molar-refractivity contribution in [2.45, 2.75) is 31.6 Å². The van der Waals surface area contributed by atoms with Crippen LogP contribution in [0.4, 0.5) is 19.0 Å². The Bertz CT molecular complexity index is 1290. The summed E-state index contributed by atoms with van der Waals surface area (Å²) < 4.78 is 41.5. The molecular formula is C24H24F3N7. The van der Waals surface area contributed by atoms with Crippen LogP contribution in [0.2, 0.25) is 0 Å². The molecule has 1 aliphatic heterocycles. The van der Waals surface area contributed by atoms with Crippen LogP contribution in [0.5, 0.6) is 0 Å². The number of aryl methyl sites for hydroxylation is 1. The third kappa shape index (κ3) is 4.33. The van der Waals surface area contributed by atoms with E-state index in [-0.39, 0.29) is 18.2 Å². The molecule has 0 aliphatic carbocycles. The van der Waals surface area contributed by atoms with Gasteiger partial charge in [-0.2, -0.15) is 18.3 Å². The van der Waals surface area contributed by atoms with Crippen molar-refractivity contribution in [3.63, 3.8) is 0 Å². The average molecular weight is 467 g/mol. The first-order chi connectivity index (χ1) is 16.4. The van der Waals surface area contributed by atoms with Crippen molar-refractivity contribution >= 4 is 16.6 Å². The van der Waals surface area contributed by atoms with Crippen LogP contribution in [0.1, 0.15) is 24.0 Å². The summed E-state index contributed by atoms with van der Waals surface area (Å²) in [4.78, 5) is 6.07. The number of aromatic nitrogens is 5. The molecule has 1 saturated heterocycles. The fraction of sp³-hybridized carbons (Fsp3) is 0.333. The van der Waals surface area contributed by atoms with Gasteiger partial charge in [0.2, 0.25) is 0 Å². The van der Waals surface area contributed by atoms with Gasteiger partial charge in [-0.05, 0) is 30.5 Å². The van der Waals surface area contributed by atoms with Gasteiger partial charge in [0, 0.05) is 62.1 Å². The Labute approximate surface area is 194 Å². The van der Waals surface area contributed by atoms with Crippen LogP contribution >= 0.6 is 0 Å². The molecule has 1 fully saturated rings. The van der Waals surface area contributed by atoms with Gasteiger partial charge in [-0.15, -0.1) is 10.2 Å². The highest BCUT2D eigenvalue weighted by Crippen LogP contribution is 2.33. The largest absolute Gasteiger partial charge is 0.416 e. The molecule has 1 aromatic carbocycles. The molecule has 4 heterocycles. The molecule has 5 rings (SSSR count). The van der Waals surface area contributed by atoms with Crippen LogP contribution in [0.25, 0.3) is 22.2 Å². The summed E-state index contributed by atoms with van der Waals surface area (Å²) >= 11 is 0. The number of nitrogens with one attached hydrogen (secondary N) is 1. The zero-order valence-electron chi connectivity index (χ0n) is 18.6. The Morgan fingerprint density at radius 1 is 1.00 bits per heavy atom. The number of hydrogen-bond donors (Lipinski definition) is 1. The summed E-state index contributed by atoms with van der Waals surface area (Å²) in [6, 6.07) is 11.1.